The van der Waals surface area contributed by atoms with Crippen molar-refractivity contribution in [1.82, 2.24) is 5.32 Å². The van der Waals surface area contributed by atoms with Gasteiger partial charge in [0.15, 0.2) is 0 Å². The average Bonchev–Trinajstić information content (AvgIpc) is 2.29. The standard InChI is InChI=1S/C11H15N3O3/c1-8(12)11(15)13-7-6-9-2-4-10(5-3-9)14(16)17/h2-5,8H,6-7,12H2,1H3,(H,13,15)/t8-/m1/s1. The van der Waals surface area contributed by atoms with Gasteiger partial charge in [0.25, 0.3) is 5.69 Å². The number of rotatable bonds is 5. The van der Waals surface area contributed by atoms with Crippen LogP contribution in [0.5, 0.6) is 0 Å². The van der Waals surface area contributed by atoms with Crippen LogP contribution in [0.3, 0.4) is 0 Å². The van der Waals surface area contributed by atoms with Gasteiger partial charge in [0, 0.05) is 18.7 Å². The van der Waals surface area contributed by atoms with Crippen LogP contribution in [0.2, 0.25) is 0 Å². The first-order chi connectivity index (χ1) is 8.00. The van der Waals surface area contributed by atoms with E-state index in [1.807, 2.05) is 0 Å². The van der Waals surface area contributed by atoms with Gasteiger partial charge in [-0.3, -0.25) is 14.9 Å². The van der Waals surface area contributed by atoms with E-state index in [-0.39, 0.29) is 11.6 Å². The van der Waals surface area contributed by atoms with Crippen molar-refractivity contribution in [2.45, 2.75) is 19.4 Å². The molecular formula is C11H15N3O3. The highest BCUT2D eigenvalue weighted by Gasteiger charge is 2.06. The summed E-state index contributed by atoms with van der Waals surface area (Å²) in [6.45, 7) is 2.08. The summed E-state index contributed by atoms with van der Waals surface area (Å²) in [5.41, 5.74) is 6.38. The molecule has 0 aromatic heterocycles. The lowest BCUT2D eigenvalue weighted by molar-refractivity contribution is -0.384. The molecule has 6 heteroatoms. The number of nitro benzene ring substituents is 1. The number of carbonyl (C=O) groups excluding carboxylic acids is 1. The number of nitrogens with two attached hydrogens (primary N) is 1. The molecule has 6 nitrogen and oxygen atoms in total. The number of hydrogen-bond donors (Lipinski definition) is 2. The van der Waals surface area contributed by atoms with E-state index in [4.69, 9.17) is 5.73 Å². The van der Waals surface area contributed by atoms with E-state index >= 15 is 0 Å². The van der Waals surface area contributed by atoms with Crippen LogP contribution in [0.15, 0.2) is 24.3 Å². The Morgan fingerprint density at radius 3 is 2.53 bits per heavy atom. The SMILES string of the molecule is C[C@@H](N)C(=O)NCCc1ccc([N+](=O)[O-])cc1. The zero-order valence-electron chi connectivity index (χ0n) is 9.55. The van der Waals surface area contributed by atoms with Gasteiger partial charge in [-0.15, -0.1) is 0 Å². The fraction of sp³-hybridized carbons (Fsp3) is 0.364. The maximum Gasteiger partial charge on any atom is 0.269 e. The lowest BCUT2D eigenvalue weighted by Gasteiger charge is -2.07. The van der Waals surface area contributed by atoms with Gasteiger partial charge in [0.05, 0.1) is 11.0 Å². The van der Waals surface area contributed by atoms with Crippen LogP contribution in [0.25, 0.3) is 0 Å². The number of non-ortho nitro benzene ring substituents is 1. The van der Waals surface area contributed by atoms with Crippen LogP contribution in [-0.4, -0.2) is 23.4 Å². The molecule has 17 heavy (non-hydrogen) atoms. The summed E-state index contributed by atoms with van der Waals surface area (Å²) in [5.74, 6) is -0.202. The van der Waals surface area contributed by atoms with Crippen molar-refractivity contribution in [3.05, 3.63) is 39.9 Å². The lowest BCUT2D eigenvalue weighted by Crippen LogP contribution is -2.39. The zero-order chi connectivity index (χ0) is 12.8. The highest BCUT2D eigenvalue weighted by Crippen LogP contribution is 2.11. The Balaban J connectivity index is 2.42. The van der Waals surface area contributed by atoms with Crippen molar-refractivity contribution in [2.75, 3.05) is 6.54 Å². The van der Waals surface area contributed by atoms with Crippen molar-refractivity contribution >= 4 is 11.6 Å². The number of benzene rings is 1. The molecule has 3 N–H and O–H groups in total. The van der Waals surface area contributed by atoms with E-state index in [0.29, 0.717) is 13.0 Å². The minimum Gasteiger partial charge on any atom is -0.354 e. The van der Waals surface area contributed by atoms with E-state index in [9.17, 15) is 14.9 Å². The Morgan fingerprint density at radius 1 is 1.47 bits per heavy atom. The summed E-state index contributed by atoms with van der Waals surface area (Å²) in [6.07, 6.45) is 0.621. The van der Waals surface area contributed by atoms with Crippen LogP contribution in [0, 0.1) is 10.1 Å². The summed E-state index contributed by atoms with van der Waals surface area (Å²) in [4.78, 5) is 21.1. The number of nitrogens with zero attached hydrogens (tertiary/aromatic N) is 1. The van der Waals surface area contributed by atoms with Crippen LogP contribution in [0.1, 0.15) is 12.5 Å². The van der Waals surface area contributed by atoms with Gasteiger partial charge in [-0.25, -0.2) is 0 Å². The van der Waals surface area contributed by atoms with Crippen molar-refractivity contribution in [2.24, 2.45) is 5.73 Å². The van der Waals surface area contributed by atoms with Gasteiger partial charge in [0.1, 0.15) is 0 Å². The van der Waals surface area contributed by atoms with E-state index in [1.165, 1.54) is 12.1 Å². The molecule has 1 aromatic rings. The van der Waals surface area contributed by atoms with E-state index in [0.717, 1.165) is 5.56 Å². The van der Waals surface area contributed by atoms with Gasteiger partial charge in [0.2, 0.25) is 5.91 Å². The summed E-state index contributed by atoms with van der Waals surface area (Å²) < 4.78 is 0. The molecule has 1 atom stereocenters. The molecule has 0 radical (unpaired) electrons. The molecule has 0 aliphatic heterocycles. The predicted octanol–water partition coefficient (Wildman–Crippen LogP) is 0.601. The van der Waals surface area contributed by atoms with Gasteiger partial charge >= 0.3 is 0 Å². The molecule has 0 heterocycles. The quantitative estimate of drug-likeness (QED) is 0.578. The van der Waals surface area contributed by atoms with Gasteiger partial charge in [-0.1, -0.05) is 12.1 Å². The number of amides is 1. The molecule has 0 unspecified atom stereocenters. The number of hydrogen-bond acceptors (Lipinski definition) is 4. The smallest absolute Gasteiger partial charge is 0.269 e. The second kappa shape index (κ2) is 5.95. The van der Waals surface area contributed by atoms with Crippen LogP contribution in [-0.2, 0) is 11.2 Å². The third kappa shape index (κ3) is 4.20. The van der Waals surface area contributed by atoms with Crippen molar-refractivity contribution in [3.63, 3.8) is 0 Å². The summed E-state index contributed by atoms with van der Waals surface area (Å²) in [5, 5.41) is 13.1. The Hall–Kier alpha value is -1.95. The van der Waals surface area contributed by atoms with Crippen LogP contribution < -0.4 is 11.1 Å². The topological polar surface area (TPSA) is 98.3 Å². The molecule has 1 aromatic carbocycles. The van der Waals surface area contributed by atoms with E-state index < -0.39 is 11.0 Å². The molecule has 0 spiro atoms. The Morgan fingerprint density at radius 2 is 2.06 bits per heavy atom. The van der Waals surface area contributed by atoms with E-state index in [1.54, 1.807) is 19.1 Å². The lowest BCUT2D eigenvalue weighted by atomic mass is 10.1. The minimum absolute atomic E-state index is 0.0633. The van der Waals surface area contributed by atoms with Gasteiger partial charge in [-0.05, 0) is 18.9 Å². The highest BCUT2D eigenvalue weighted by atomic mass is 16.6. The molecular weight excluding hydrogens is 222 g/mol. The normalized spacial score (nSPS) is 11.9. The second-order valence-electron chi connectivity index (χ2n) is 3.75. The monoisotopic (exact) mass is 237 g/mol. The first-order valence-corrected chi connectivity index (χ1v) is 5.27. The molecule has 1 rings (SSSR count). The molecule has 0 saturated carbocycles. The average molecular weight is 237 g/mol. The Kier molecular flexibility index (Phi) is 4.59. The molecule has 1 amide bonds. The highest BCUT2D eigenvalue weighted by molar-refractivity contribution is 5.80. The second-order valence-corrected chi connectivity index (χ2v) is 3.75. The van der Waals surface area contributed by atoms with E-state index in [2.05, 4.69) is 5.32 Å². The van der Waals surface area contributed by atoms with Crippen LogP contribution in [0.4, 0.5) is 5.69 Å². The number of carbonyl (C=O) groups is 1. The molecule has 0 bridgehead atoms. The first kappa shape index (κ1) is 13.1. The molecule has 92 valence electrons. The predicted molar refractivity (Wildman–Crippen MR) is 63.5 cm³/mol. The number of nitro groups is 1. The Labute approximate surface area is 99.0 Å². The zero-order valence-corrected chi connectivity index (χ0v) is 9.55. The van der Waals surface area contributed by atoms with Crippen LogP contribution >= 0.6 is 0 Å². The molecule has 0 aliphatic carbocycles. The number of nitrogens with one attached hydrogen (secondary N) is 1. The maximum absolute atomic E-state index is 11.2. The maximum atomic E-state index is 11.2. The third-order valence-electron chi connectivity index (χ3n) is 2.27. The minimum atomic E-state index is -0.521. The first-order valence-electron chi connectivity index (χ1n) is 5.27. The molecule has 0 saturated heterocycles. The molecule has 0 fully saturated rings. The van der Waals surface area contributed by atoms with Gasteiger partial charge in [-0.2, -0.15) is 0 Å². The molecule has 0 aliphatic rings. The Bertz CT molecular complexity index is 401. The van der Waals surface area contributed by atoms with Gasteiger partial charge < -0.3 is 11.1 Å². The largest absolute Gasteiger partial charge is 0.354 e. The van der Waals surface area contributed by atoms with Crippen molar-refractivity contribution in [3.8, 4) is 0 Å². The fourth-order valence-electron chi connectivity index (χ4n) is 1.28. The van der Waals surface area contributed by atoms with Crippen molar-refractivity contribution in [1.29, 1.82) is 0 Å². The summed E-state index contributed by atoms with van der Waals surface area (Å²) in [6, 6.07) is 5.73. The summed E-state index contributed by atoms with van der Waals surface area (Å²) in [7, 11) is 0. The fourth-order valence-corrected chi connectivity index (χ4v) is 1.28. The third-order valence-corrected chi connectivity index (χ3v) is 2.27. The van der Waals surface area contributed by atoms with Crippen molar-refractivity contribution < 1.29 is 9.72 Å². The summed E-state index contributed by atoms with van der Waals surface area (Å²) >= 11 is 0.